The van der Waals surface area contributed by atoms with Gasteiger partial charge in [0.15, 0.2) is 0 Å². The maximum absolute atomic E-state index is 10.9. The quantitative estimate of drug-likeness (QED) is 0.925. The van der Waals surface area contributed by atoms with Gasteiger partial charge in [0.1, 0.15) is 0 Å². The molecule has 0 radical (unpaired) electrons. The van der Waals surface area contributed by atoms with Crippen molar-refractivity contribution in [2.24, 2.45) is 5.92 Å². The van der Waals surface area contributed by atoms with Gasteiger partial charge in [0.25, 0.3) is 0 Å². The van der Waals surface area contributed by atoms with Gasteiger partial charge in [-0.3, -0.25) is 4.90 Å². The first-order valence-electron chi connectivity index (χ1n) is 8.29. The molecule has 1 saturated heterocycles. The largest absolute Gasteiger partial charge is 0.387 e. The van der Waals surface area contributed by atoms with Crippen molar-refractivity contribution < 1.29 is 9.84 Å². The smallest absolute Gasteiger partial charge is 0.0947 e. The van der Waals surface area contributed by atoms with Gasteiger partial charge in [0, 0.05) is 18.6 Å². The fourth-order valence-electron chi connectivity index (χ4n) is 4.10. The fraction of sp³-hybridized carbons (Fsp3) is 0.667. The minimum absolute atomic E-state index is 0.168. The van der Waals surface area contributed by atoms with E-state index in [0.29, 0.717) is 18.1 Å². The van der Waals surface area contributed by atoms with Crippen LogP contribution in [0.3, 0.4) is 0 Å². The number of hydrogen-bond acceptors (Lipinski definition) is 3. The Kier molecular flexibility index (Phi) is 4.63. The Morgan fingerprint density at radius 1 is 1.19 bits per heavy atom. The lowest BCUT2D eigenvalue weighted by Crippen LogP contribution is -2.56. The van der Waals surface area contributed by atoms with Crippen molar-refractivity contribution in [2.75, 3.05) is 13.2 Å². The van der Waals surface area contributed by atoms with E-state index >= 15 is 0 Å². The molecule has 3 rings (SSSR count). The van der Waals surface area contributed by atoms with Crippen LogP contribution in [-0.4, -0.2) is 41.3 Å². The number of aliphatic hydroxyl groups is 1. The van der Waals surface area contributed by atoms with Crippen LogP contribution in [-0.2, 0) is 4.74 Å². The molecule has 21 heavy (non-hydrogen) atoms. The van der Waals surface area contributed by atoms with E-state index in [4.69, 9.17) is 4.74 Å². The molecule has 1 aromatic rings. The SMILES string of the molecule is CC(C)C(C(O)c1ccccc1)N1CCOC2CCCC21. The Balaban J connectivity index is 1.84. The van der Waals surface area contributed by atoms with E-state index in [1.165, 1.54) is 19.3 Å². The molecule has 0 bridgehead atoms. The van der Waals surface area contributed by atoms with Crippen molar-refractivity contribution >= 4 is 0 Å². The number of aliphatic hydroxyl groups excluding tert-OH is 1. The third-order valence-electron chi connectivity index (χ3n) is 5.06. The van der Waals surface area contributed by atoms with Crippen LogP contribution in [0.25, 0.3) is 0 Å². The molecule has 2 aliphatic rings. The summed E-state index contributed by atoms with van der Waals surface area (Å²) in [4.78, 5) is 2.53. The Bertz CT molecular complexity index is 448. The minimum atomic E-state index is -0.425. The van der Waals surface area contributed by atoms with Crippen LogP contribution in [0.15, 0.2) is 30.3 Å². The number of benzene rings is 1. The fourth-order valence-corrected chi connectivity index (χ4v) is 4.10. The molecule has 1 saturated carbocycles. The maximum Gasteiger partial charge on any atom is 0.0947 e. The standard InChI is InChI=1S/C18H27NO2/c1-13(2)17(18(20)14-7-4-3-5-8-14)19-11-12-21-16-10-6-9-15(16)19/h3-5,7-8,13,15-18,20H,6,9-12H2,1-2H3. The molecule has 0 spiro atoms. The van der Waals surface area contributed by atoms with E-state index in [1.807, 2.05) is 30.3 Å². The first-order valence-corrected chi connectivity index (χ1v) is 8.29. The van der Waals surface area contributed by atoms with Gasteiger partial charge in [-0.15, -0.1) is 0 Å². The minimum Gasteiger partial charge on any atom is -0.387 e. The molecule has 1 aromatic carbocycles. The van der Waals surface area contributed by atoms with Gasteiger partial charge in [-0.05, 0) is 30.7 Å². The number of hydrogen-bond donors (Lipinski definition) is 1. The molecule has 1 aliphatic carbocycles. The normalized spacial score (nSPS) is 29.3. The molecule has 2 fully saturated rings. The van der Waals surface area contributed by atoms with Crippen molar-refractivity contribution in [3.05, 3.63) is 35.9 Å². The highest BCUT2D eigenvalue weighted by Crippen LogP contribution is 2.36. The van der Waals surface area contributed by atoms with Gasteiger partial charge in [0.2, 0.25) is 0 Å². The van der Waals surface area contributed by atoms with Gasteiger partial charge in [0.05, 0.1) is 18.8 Å². The van der Waals surface area contributed by atoms with Gasteiger partial charge in [-0.2, -0.15) is 0 Å². The van der Waals surface area contributed by atoms with Gasteiger partial charge >= 0.3 is 0 Å². The third-order valence-corrected chi connectivity index (χ3v) is 5.06. The molecular weight excluding hydrogens is 262 g/mol. The van der Waals surface area contributed by atoms with Crippen LogP contribution in [0.2, 0.25) is 0 Å². The summed E-state index contributed by atoms with van der Waals surface area (Å²) in [5.41, 5.74) is 1.03. The first kappa shape index (κ1) is 15.0. The second kappa shape index (κ2) is 6.47. The van der Waals surface area contributed by atoms with Crippen LogP contribution in [0.4, 0.5) is 0 Å². The molecule has 116 valence electrons. The number of fused-ring (bicyclic) bond motifs is 1. The highest BCUT2D eigenvalue weighted by atomic mass is 16.5. The average Bonchev–Trinajstić information content (AvgIpc) is 2.97. The second-order valence-electron chi connectivity index (χ2n) is 6.74. The summed E-state index contributed by atoms with van der Waals surface area (Å²) in [6.07, 6.45) is 3.58. The van der Waals surface area contributed by atoms with Crippen LogP contribution in [0.5, 0.6) is 0 Å². The molecule has 1 heterocycles. The van der Waals surface area contributed by atoms with Crippen LogP contribution < -0.4 is 0 Å². The topological polar surface area (TPSA) is 32.7 Å². The number of nitrogens with zero attached hydrogens (tertiary/aromatic N) is 1. The van der Waals surface area contributed by atoms with Crippen molar-refractivity contribution in [3.8, 4) is 0 Å². The second-order valence-corrected chi connectivity index (χ2v) is 6.74. The summed E-state index contributed by atoms with van der Waals surface area (Å²) < 4.78 is 5.92. The molecule has 1 N–H and O–H groups in total. The number of rotatable bonds is 4. The molecule has 4 atom stereocenters. The predicted molar refractivity (Wildman–Crippen MR) is 84.1 cm³/mol. The van der Waals surface area contributed by atoms with E-state index in [9.17, 15) is 5.11 Å². The molecule has 0 aromatic heterocycles. The summed E-state index contributed by atoms with van der Waals surface area (Å²) in [6, 6.07) is 10.7. The number of ether oxygens (including phenoxy) is 1. The third kappa shape index (κ3) is 3.01. The summed E-state index contributed by atoms with van der Waals surface area (Å²) in [7, 11) is 0. The summed E-state index contributed by atoms with van der Waals surface area (Å²) in [5, 5.41) is 10.9. The monoisotopic (exact) mass is 289 g/mol. The van der Waals surface area contributed by atoms with Crippen molar-refractivity contribution in [3.63, 3.8) is 0 Å². The molecule has 3 heteroatoms. The van der Waals surface area contributed by atoms with Gasteiger partial charge < -0.3 is 9.84 Å². The zero-order valence-corrected chi connectivity index (χ0v) is 13.1. The van der Waals surface area contributed by atoms with Gasteiger partial charge in [-0.25, -0.2) is 0 Å². The number of morpholine rings is 1. The summed E-state index contributed by atoms with van der Waals surface area (Å²) >= 11 is 0. The van der Waals surface area contributed by atoms with E-state index in [1.54, 1.807) is 0 Å². The van der Waals surface area contributed by atoms with Crippen LogP contribution in [0.1, 0.15) is 44.8 Å². The van der Waals surface area contributed by atoms with Crippen LogP contribution in [0, 0.1) is 5.92 Å². The maximum atomic E-state index is 10.9. The van der Waals surface area contributed by atoms with E-state index in [-0.39, 0.29) is 6.04 Å². The zero-order chi connectivity index (χ0) is 14.8. The van der Waals surface area contributed by atoms with Crippen molar-refractivity contribution in [1.82, 2.24) is 4.90 Å². The highest BCUT2D eigenvalue weighted by molar-refractivity contribution is 5.19. The molecular formula is C18H27NO2. The average molecular weight is 289 g/mol. The summed E-state index contributed by atoms with van der Waals surface area (Å²) in [5.74, 6) is 0.416. The van der Waals surface area contributed by atoms with E-state index < -0.39 is 6.10 Å². The first-order chi connectivity index (χ1) is 10.2. The predicted octanol–water partition coefficient (Wildman–Crippen LogP) is 3.00. The van der Waals surface area contributed by atoms with Gasteiger partial charge in [-0.1, -0.05) is 44.2 Å². The van der Waals surface area contributed by atoms with E-state index in [2.05, 4.69) is 18.7 Å². The summed E-state index contributed by atoms with van der Waals surface area (Å²) in [6.45, 7) is 6.17. The Morgan fingerprint density at radius 2 is 1.95 bits per heavy atom. The Labute approximate surface area is 127 Å². The molecule has 3 nitrogen and oxygen atoms in total. The Hall–Kier alpha value is -0.900. The highest BCUT2D eigenvalue weighted by Gasteiger charge is 2.42. The van der Waals surface area contributed by atoms with Crippen LogP contribution >= 0.6 is 0 Å². The lowest BCUT2D eigenvalue weighted by molar-refractivity contribution is -0.102. The van der Waals surface area contributed by atoms with E-state index in [0.717, 1.165) is 18.7 Å². The van der Waals surface area contributed by atoms with Crippen molar-refractivity contribution in [2.45, 2.75) is 57.4 Å². The Morgan fingerprint density at radius 3 is 2.67 bits per heavy atom. The lowest BCUT2D eigenvalue weighted by atomic mass is 9.90. The molecule has 0 amide bonds. The zero-order valence-electron chi connectivity index (χ0n) is 13.1. The molecule has 1 aliphatic heterocycles. The molecule has 4 unspecified atom stereocenters. The lowest BCUT2D eigenvalue weighted by Gasteiger charge is -2.46. The van der Waals surface area contributed by atoms with Crippen molar-refractivity contribution in [1.29, 1.82) is 0 Å².